The molecule has 0 saturated heterocycles. The van der Waals surface area contributed by atoms with Crippen molar-refractivity contribution in [1.82, 2.24) is 4.90 Å². The average molecular weight is 227 g/mol. The SMILES string of the molecule is C=C/C=C(\O[Si](C)(C)C(C)(C)C)N(C)C. The highest BCUT2D eigenvalue weighted by molar-refractivity contribution is 6.74. The predicted octanol–water partition coefficient (Wildman–Crippen LogP) is 3.60. The summed E-state index contributed by atoms with van der Waals surface area (Å²) in [5, 5.41) is 0.225. The van der Waals surface area contributed by atoms with Gasteiger partial charge in [-0.05, 0) is 24.2 Å². The molecule has 15 heavy (non-hydrogen) atoms. The van der Waals surface area contributed by atoms with E-state index in [-0.39, 0.29) is 5.04 Å². The molecule has 0 aliphatic rings. The van der Waals surface area contributed by atoms with Gasteiger partial charge in [-0.2, -0.15) is 0 Å². The lowest BCUT2D eigenvalue weighted by atomic mass is 10.2. The number of allylic oxidation sites excluding steroid dienone is 2. The Morgan fingerprint density at radius 3 is 2.00 bits per heavy atom. The monoisotopic (exact) mass is 227 g/mol. The van der Waals surface area contributed by atoms with E-state index in [1.807, 2.05) is 25.1 Å². The van der Waals surface area contributed by atoms with E-state index in [1.54, 1.807) is 6.08 Å². The summed E-state index contributed by atoms with van der Waals surface area (Å²) in [4.78, 5) is 1.99. The van der Waals surface area contributed by atoms with Crippen LogP contribution in [0.2, 0.25) is 18.1 Å². The Labute approximate surface area is 95.8 Å². The van der Waals surface area contributed by atoms with Gasteiger partial charge in [0.15, 0.2) is 5.88 Å². The molecule has 0 saturated carbocycles. The van der Waals surface area contributed by atoms with E-state index in [1.165, 1.54) is 0 Å². The zero-order valence-electron chi connectivity index (χ0n) is 11.2. The van der Waals surface area contributed by atoms with Crippen LogP contribution in [0.3, 0.4) is 0 Å². The summed E-state index contributed by atoms with van der Waals surface area (Å²) in [6, 6.07) is 0. The summed E-state index contributed by atoms with van der Waals surface area (Å²) < 4.78 is 6.16. The summed E-state index contributed by atoms with van der Waals surface area (Å²) in [6.45, 7) is 14.9. The standard InChI is InChI=1S/C12H25NOSi/c1-9-10-11(13(5)6)14-15(7,8)12(2,3)4/h9-10H,1H2,2-8H3/b11-10-. The Morgan fingerprint density at radius 2 is 1.73 bits per heavy atom. The van der Waals surface area contributed by atoms with Gasteiger partial charge in [-0.15, -0.1) is 0 Å². The van der Waals surface area contributed by atoms with E-state index < -0.39 is 8.32 Å². The van der Waals surface area contributed by atoms with Gasteiger partial charge in [0.2, 0.25) is 0 Å². The third-order valence-corrected chi connectivity index (χ3v) is 7.20. The van der Waals surface area contributed by atoms with Crippen molar-refractivity contribution in [2.75, 3.05) is 14.1 Å². The van der Waals surface area contributed by atoms with E-state index in [9.17, 15) is 0 Å². The maximum Gasteiger partial charge on any atom is 0.252 e. The van der Waals surface area contributed by atoms with Crippen molar-refractivity contribution < 1.29 is 4.43 Å². The quantitative estimate of drug-likeness (QED) is 0.413. The third kappa shape index (κ3) is 4.12. The van der Waals surface area contributed by atoms with E-state index >= 15 is 0 Å². The van der Waals surface area contributed by atoms with Crippen LogP contribution < -0.4 is 0 Å². The van der Waals surface area contributed by atoms with Gasteiger partial charge < -0.3 is 9.33 Å². The zero-order valence-corrected chi connectivity index (χ0v) is 12.2. The Balaban J connectivity index is 4.83. The van der Waals surface area contributed by atoms with Crippen molar-refractivity contribution in [1.29, 1.82) is 0 Å². The van der Waals surface area contributed by atoms with Crippen LogP contribution in [0.25, 0.3) is 0 Å². The molecule has 0 atom stereocenters. The van der Waals surface area contributed by atoms with Gasteiger partial charge in [-0.3, -0.25) is 0 Å². The molecule has 0 aliphatic carbocycles. The van der Waals surface area contributed by atoms with Crippen LogP contribution >= 0.6 is 0 Å². The van der Waals surface area contributed by atoms with Crippen molar-refractivity contribution >= 4 is 8.32 Å². The lowest BCUT2D eigenvalue weighted by Gasteiger charge is -2.38. The molecular weight excluding hydrogens is 202 g/mol. The molecule has 0 aromatic carbocycles. The number of hydrogen-bond donors (Lipinski definition) is 0. The fourth-order valence-electron chi connectivity index (χ4n) is 0.790. The van der Waals surface area contributed by atoms with Crippen LogP contribution in [-0.4, -0.2) is 27.3 Å². The van der Waals surface area contributed by atoms with Gasteiger partial charge in [0.1, 0.15) is 0 Å². The second-order valence-corrected chi connectivity index (χ2v) is 10.2. The molecule has 2 nitrogen and oxygen atoms in total. The Morgan fingerprint density at radius 1 is 1.27 bits per heavy atom. The highest BCUT2D eigenvalue weighted by Gasteiger charge is 2.39. The summed E-state index contributed by atoms with van der Waals surface area (Å²) in [7, 11) is 2.25. The molecule has 0 spiro atoms. The summed E-state index contributed by atoms with van der Waals surface area (Å²) in [6.07, 6.45) is 3.68. The van der Waals surface area contributed by atoms with Gasteiger partial charge in [-0.25, -0.2) is 0 Å². The van der Waals surface area contributed by atoms with Gasteiger partial charge in [-0.1, -0.05) is 33.4 Å². The molecule has 0 radical (unpaired) electrons. The Kier molecular flexibility index (Phi) is 4.65. The first-order valence-electron chi connectivity index (χ1n) is 5.31. The largest absolute Gasteiger partial charge is 0.532 e. The van der Waals surface area contributed by atoms with Crippen molar-refractivity contribution in [3.8, 4) is 0 Å². The second-order valence-electron chi connectivity index (χ2n) is 5.50. The highest BCUT2D eigenvalue weighted by Crippen LogP contribution is 2.38. The fourth-order valence-corrected chi connectivity index (χ4v) is 1.87. The number of nitrogens with zero attached hydrogens (tertiary/aromatic N) is 1. The Bertz CT molecular complexity index is 249. The van der Waals surface area contributed by atoms with Crippen LogP contribution in [-0.2, 0) is 4.43 Å². The minimum Gasteiger partial charge on any atom is -0.532 e. The minimum atomic E-state index is -1.73. The number of hydrogen-bond acceptors (Lipinski definition) is 2. The van der Waals surface area contributed by atoms with E-state index in [0.717, 1.165) is 5.88 Å². The summed E-state index contributed by atoms with van der Waals surface area (Å²) >= 11 is 0. The topological polar surface area (TPSA) is 12.5 Å². The van der Waals surface area contributed by atoms with Crippen molar-refractivity contribution in [3.63, 3.8) is 0 Å². The Hall–Kier alpha value is -0.703. The van der Waals surface area contributed by atoms with E-state index in [0.29, 0.717) is 0 Å². The molecule has 0 amide bonds. The maximum atomic E-state index is 6.16. The maximum absolute atomic E-state index is 6.16. The molecule has 88 valence electrons. The lowest BCUT2D eigenvalue weighted by molar-refractivity contribution is 0.262. The van der Waals surface area contributed by atoms with Crippen molar-refractivity contribution in [3.05, 3.63) is 24.6 Å². The molecule has 0 rings (SSSR count). The van der Waals surface area contributed by atoms with Crippen molar-refractivity contribution in [2.45, 2.75) is 38.9 Å². The van der Waals surface area contributed by atoms with E-state index in [2.05, 4.69) is 40.4 Å². The molecule has 0 bridgehead atoms. The molecule has 0 unspecified atom stereocenters. The first kappa shape index (κ1) is 14.3. The second kappa shape index (κ2) is 4.88. The molecule has 0 fully saturated rings. The fraction of sp³-hybridized carbons (Fsp3) is 0.667. The van der Waals surface area contributed by atoms with Gasteiger partial charge in [0.25, 0.3) is 8.32 Å². The van der Waals surface area contributed by atoms with Crippen LogP contribution in [0.1, 0.15) is 20.8 Å². The number of rotatable bonds is 4. The van der Waals surface area contributed by atoms with Gasteiger partial charge in [0.05, 0.1) is 0 Å². The molecule has 0 aromatic rings. The molecule has 0 aliphatic heterocycles. The minimum absolute atomic E-state index is 0.225. The molecule has 0 aromatic heterocycles. The normalized spacial score (nSPS) is 13.7. The van der Waals surface area contributed by atoms with Crippen LogP contribution in [0, 0.1) is 0 Å². The van der Waals surface area contributed by atoms with Gasteiger partial charge in [0, 0.05) is 14.1 Å². The molecule has 0 heterocycles. The highest BCUT2D eigenvalue weighted by atomic mass is 28.4. The zero-order chi connectivity index (χ0) is 12.3. The van der Waals surface area contributed by atoms with Crippen molar-refractivity contribution in [2.24, 2.45) is 0 Å². The molecular formula is C12H25NOSi. The molecule has 3 heteroatoms. The van der Waals surface area contributed by atoms with Crippen LogP contribution in [0.15, 0.2) is 24.6 Å². The summed E-state index contributed by atoms with van der Waals surface area (Å²) in [5.41, 5.74) is 0. The first-order chi connectivity index (χ1) is 6.62. The van der Waals surface area contributed by atoms with Crippen LogP contribution in [0.4, 0.5) is 0 Å². The summed E-state index contributed by atoms with van der Waals surface area (Å²) in [5.74, 6) is 0.900. The third-order valence-electron chi connectivity index (χ3n) is 2.87. The van der Waals surface area contributed by atoms with Gasteiger partial charge >= 0.3 is 0 Å². The first-order valence-corrected chi connectivity index (χ1v) is 8.21. The average Bonchev–Trinajstić information content (AvgIpc) is 2.00. The molecule has 0 N–H and O–H groups in total. The smallest absolute Gasteiger partial charge is 0.252 e. The van der Waals surface area contributed by atoms with E-state index in [4.69, 9.17) is 4.43 Å². The predicted molar refractivity (Wildman–Crippen MR) is 70.2 cm³/mol. The van der Waals surface area contributed by atoms with Crippen LogP contribution in [0.5, 0.6) is 0 Å². The lowest BCUT2D eigenvalue weighted by Crippen LogP contribution is -2.42.